The number of aliphatic carboxylic acids is 1. The van der Waals surface area contributed by atoms with Crippen LogP contribution in [0.4, 0.5) is 4.39 Å². The number of nitrogens with one attached hydrogen (secondary N) is 1. The normalized spacial score (nSPS) is 11.7. The molecule has 0 bridgehead atoms. The van der Waals surface area contributed by atoms with Crippen LogP contribution < -0.4 is 5.32 Å². The Hall–Kier alpha value is -2.69. The van der Waals surface area contributed by atoms with Gasteiger partial charge in [0.25, 0.3) is 0 Å². The molecule has 0 aliphatic carbocycles. The molecule has 0 fully saturated rings. The van der Waals surface area contributed by atoms with Gasteiger partial charge in [-0.25, -0.2) is 9.18 Å². The van der Waals surface area contributed by atoms with Crippen LogP contribution in [-0.4, -0.2) is 23.0 Å². The van der Waals surface area contributed by atoms with Gasteiger partial charge in [0.15, 0.2) is 0 Å². The van der Waals surface area contributed by atoms with Crippen LogP contribution in [0.3, 0.4) is 0 Å². The highest BCUT2D eigenvalue weighted by molar-refractivity contribution is 5.83. The smallest absolute Gasteiger partial charge is 0.326 e. The molecule has 2 rings (SSSR count). The van der Waals surface area contributed by atoms with Crippen LogP contribution in [0.1, 0.15) is 17.5 Å². The van der Waals surface area contributed by atoms with Crippen LogP contribution in [0, 0.1) is 5.82 Å². The summed E-state index contributed by atoms with van der Waals surface area (Å²) in [7, 11) is 0. The van der Waals surface area contributed by atoms with Gasteiger partial charge in [-0.1, -0.05) is 42.5 Å². The fourth-order valence-electron chi connectivity index (χ4n) is 2.27. The summed E-state index contributed by atoms with van der Waals surface area (Å²) in [4.78, 5) is 23.2. The quantitative estimate of drug-likeness (QED) is 0.825. The van der Waals surface area contributed by atoms with Gasteiger partial charge in [-0.15, -0.1) is 0 Å². The highest BCUT2D eigenvalue weighted by Crippen LogP contribution is 2.08. The second-order valence-electron chi connectivity index (χ2n) is 5.28. The topological polar surface area (TPSA) is 66.4 Å². The maximum atomic E-state index is 13.2. The zero-order chi connectivity index (χ0) is 16.7. The first-order chi connectivity index (χ1) is 11.0. The molecule has 2 aromatic rings. The van der Waals surface area contributed by atoms with Gasteiger partial charge in [0.1, 0.15) is 11.9 Å². The van der Waals surface area contributed by atoms with Gasteiger partial charge in [-0.2, -0.15) is 0 Å². The van der Waals surface area contributed by atoms with Crippen LogP contribution in [0.2, 0.25) is 0 Å². The van der Waals surface area contributed by atoms with Crippen molar-refractivity contribution >= 4 is 11.9 Å². The van der Waals surface area contributed by atoms with Crippen LogP contribution in [0.25, 0.3) is 0 Å². The third kappa shape index (κ3) is 5.54. The predicted octanol–water partition coefficient (Wildman–Crippen LogP) is 2.57. The number of halogens is 1. The molecule has 0 aliphatic rings. The number of rotatable bonds is 7. The Morgan fingerprint density at radius 1 is 1.04 bits per heavy atom. The Labute approximate surface area is 134 Å². The Morgan fingerprint density at radius 3 is 2.39 bits per heavy atom. The van der Waals surface area contributed by atoms with Crippen molar-refractivity contribution in [1.29, 1.82) is 0 Å². The van der Waals surface area contributed by atoms with Crippen LogP contribution in [0.15, 0.2) is 54.6 Å². The first kappa shape index (κ1) is 16.7. The molecule has 5 heteroatoms. The Kier molecular flexibility index (Phi) is 5.86. The highest BCUT2D eigenvalue weighted by Gasteiger charge is 2.20. The van der Waals surface area contributed by atoms with E-state index in [0.29, 0.717) is 12.0 Å². The van der Waals surface area contributed by atoms with Crippen molar-refractivity contribution in [2.24, 2.45) is 0 Å². The average molecular weight is 315 g/mol. The molecule has 0 spiro atoms. The van der Waals surface area contributed by atoms with E-state index in [1.807, 2.05) is 30.3 Å². The molecule has 2 N–H and O–H groups in total. The maximum Gasteiger partial charge on any atom is 0.326 e. The van der Waals surface area contributed by atoms with E-state index >= 15 is 0 Å². The molecule has 23 heavy (non-hydrogen) atoms. The number of carboxylic acids is 1. The summed E-state index contributed by atoms with van der Waals surface area (Å²) in [6.45, 7) is 0. The first-order valence-electron chi connectivity index (χ1n) is 7.35. The Bertz CT molecular complexity index is 673. The van der Waals surface area contributed by atoms with E-state index in [2.05, 4.69) is 5.32 Å². The van der Waals surface area contributed by atoms with E-state index in [1.54, 1.807) is 6.07 Å². The molecular formula is C18H18FNO3. The van der Waals surface area contributed by atoms with Gasteiger partial charge in [0.2, 0.25) is 5.91 Å². The summed E-state index contributed by atoms with van der Waals surface area (Å²) in [6.07, 6.45) is 0.792. The van der Waals surface area contributed by atoms with Crippen LogP contribution >= 0.6 is 0 Å². The lowest BCUT2D eigenvalue weighted by Gasteiger charge is -2.14. The van der Waals surface area contributed by atoms with Crippen molar-refractivity contribution in [2.75, 3.05) is 0 Å². The third-order valence-corrected chi connectivity index (χ3v) is 3.45. The number of benzene rings is 2. The minimum Gasteiger partial charge on any atom is -0.480 e. The van der Waals surface area contributed by atoms with E-state index in [0.717, 1.165) is 5.56 Å². The number of aryl methyl sites for hydroxylation is 1. The van der Waals surface area contributed by atoms with Crippen molar-refractivity contribution in [3.63, 3.8) is 0 Å². The molecule has 1 amide bonds. The van der Waals surface area contributed by atoms with Crippen LogP contribution in [-0.2, 0) is 22.4 Å². The number of hydrogen-bond donors (Lipinski definition) is 2. The second kappa shape index (κ2) is 8.08. The zero-order valence-corrected chi connectivity index (χ0v) is 12.5. The molecular weight excluding hydrogens is 297 g/mol. The number of carboxylic acid groups (broad SMARTS) is 1. The van der Waals surface area contributed by atoms with Gasteiger partial charge < -0.3 is 10.4 Å². The van der Waals surface area contributed by atoms with Crippen LogP contribution in [0.5, 0.6) is 0 Å². The number of carbonyl (C=O) groups excluding carboxylic acids is 1. The summed E-state index contributed by atoms with van der Waals surface area (Å²) in [5.74, 6) is -1.90. The first-order valence-corrected chi connectivity index (χ1v) is 7.35. The van der Waals surface area contributed by atoms with Crippen molar-refractivity contribution in [3.05, 3.63) is 71.5 Å². The summed E-state index contributed by atoms with van der Waals surface area (Å²) in [5.41, 5.74) is 1.54. The summed E-state index contributed by atoms with van der Waals surface area (Å²) >= 11 is 0. The number of hydrogen-bond acceptors (Lipinski definition) is 2. The minimum atomic E-state index is -1.14. The molecule has 0 saturated carbocycles. The molecule has 0 saturated heterocycles. The molecule has 0 radical (unpaired) electrons. The number of amides is 1. The maximum absolute atomic E-state index is 13.2. The summed E-state index contributed by atoms with van der Waals surface area (Å²) < 4.78 is 13.2. The van der Waals surface area contributed by atoms with Gasteiger partial charge >= 0.3 is 5.97 Å². The molecule has 0 unspecified atom stereocenters. The van der Waals surface area contributed by atoms with E-state index in [-0.39, 0.29) is 18.7 Å². The lowest BCUT2D eigenvalue weighted by atomic mass is 10.0. The van der Waals surface area contributed by atoms with E-state index in [4.69, 9.17) is 0 Å². The average Bonchev–Trinajstić information content (AvgIpc) is 2.53. The summed E-state index contributed by atoms with van der Waals surface area (Å²) in [5, 5.41) is 11.7. The minimum absolute atomic E-state index is 0.0458. The van der Waals surface area contributed by atoms with E-state index < -0.39 is 17.8 Å². The standard InChI is InChI=1S/C18H18FNO3/c19-15-8-4-7-14(11-15)12-16(18(22)23)20-17(21)10-9-13-5-2-1-3-6-13/h1-8,11,16H,9-10,12H2,(H,20,21)(H,22,23)/t16-/m1/s1. The molecule has 0 aromatic heterocycles. The fourth-order valence-corrected chi connectivity index (χ4v) is 2.27. The Morgan fingerprint density at radius 2 is 1.74 bits per heavy atom. The molecule has 4 nitrogen and oxygen atoms in total. The predicted molar refractivity (Wildman–Crippen MR) is 84.4 cm³/mol. The fraction of sp³-hybridized carbons (Fsp3) is 0.222. The lowest BCUT2D eigenvalue weighted by molar-refractivity contribution is -0.141. The van der Waals surface area contributed by atoms with E-state index in [1.165, 1.54) is 18.2 Å². The van der Waals surface area contributed by atoms with E-state index in [9.17, 15) is 19.1 Å². The molecule has 1 atom stereocenters. The van der Waals surface area contributed by atoms with Gasteiger partial charge in [0.05, 0.1) is 0 Å². The zero-order valence-electron chi connectivity index (χ0n) is 12.5. The largest absolute Gasteiger partial charge is 0.480 e. The van der Waals surface area contributed by atoms with Crippen molar-refractivity contribution in [3.8, 4) is 0 Å². The second-order valence-corrected chi connectivity index (χ2v) is 5.28. The van der Waals surface area contributed by atoms with Gasteiger partial charge in [0, 0.05) is 12.8 Å². The van der Waals surface area contributed by atoms with Crippen molar-refractivity contribution in [1.82, 2.24) is 5.32 Å². The Balaban J connectivity index is 1.91. The van der Waals surface area contributed by atoms with Crippen molar-refractivity contribution in [2.45, 2.75) is 25.3 Å². The number of carbonyl (C=O) groups is 2. The molecule has 2 aromatic carbocycles. The van der Waals surface area contributed by atoms with Crippen molar-refractivity contribution < 1.29 is 19.1 Å². The molecule has 120 valence electrons. The SMILES string of the molecule is O=C(CCc1ccccc1)N[C@H](Cc1cccc(F)c1)C(=O)O. The molecule has 0 aliphatic heterocycles. The third-order valence-electron chi connectivity index (χ3n) is 3.45. The highest BCUT2D eigenvalue weighted by atomic mass is 19.1. The van der Waals surface area contributed by atoms with Gasteiger partial charge in [-0.3, -0.25) is 4.79 Å². The lowest BCUT2D eigenvalue weighted by Crippen LogP contribution is -2.42. The summed E-state index contributed by atoms with van der Waals surface area (Å²) in [6, 6.07) is 14.1. The molecule has 0 heterocycles. The monoisotopic (exact) mass is 315 g/mol. The van der Waals surface area contributed by atoms with Gasteiger partial charge in [-0.05, 0) is 29.7 Å².